The number of nitrogens with one attached hydrogen (secondary N) is 1. The van der Waals surface area contributed by atoms with Gasteiger partial charge in [0.05, 0.1) is 0 Å². The topological polar surface area (TPSA) is 94.4 Å². The first kappa shape index (κ1) is 16.9. The van der Waals surface area contributed by atoms with E-state index in [-0.39, 0.29) is 24.1 Å². The van der Waals surface area contributed by atoms with Crippen molar-refractivity contribution in [2.24, 2.45) is 0 Å². The first-order chi connectivity index (χ1) is 11.1. The molecule has 0 saturated carbocycles. The number of nitro groups is 1. The van der Waals surface area contributed by atoms with Crippen molar-refractivity contribution >= 4 is 11.7 Å². The average Bonchev–Trinajstić information content (AvgIpc) is 2.54. The van der Waals surface area contributed by atoms with Gasteiger partial charge >= 0.3 is 5.82 Å². The summed E-state index contributed by atoms with van der Waals surface area (Å²) in [5.74, 6) is -0.660. The third-order valence-corrected chi connectivity index (χ3v) is 3.66. The second kappa shape index (κ2) is 8.26. The Balaban J connectivity index is 1.78. The fourth-order valence-electron chi connectivity index (χ4n) is 2.46. The van der Waals surface area contributed by atoms with E-state index in [4.69, 9.17) is 4.74 Å². The lowest BCUT2D eigenvalue weighted by atomic mass is 9.97. The number of carbonyl (C=O) groups excluding carboxylic acids is 1. The molecule has 0 spiro atoms. The summed E-state index contributed by atoms with van der Waals surface area (Å²) in [4.78, 5) is 25.9. The van der Waals surface area contributed by atoms with Crippen LogP contribution in [-0.2, 0) is 4.79 Å². The van der Waals surface area contributed by atoms with Gasteiger partial charge in [0.2, 0.25) is 5.75 Å². The second-order valence-corrected chi connectivity index (χ2v) is 5.53. The molecule has 0 fully saturated rings. The Labute approximate surface area is 134 Å². The molecule has 1 aromatic rings. The maximum atomic E-state index is 11.8. The van der Waals surface area contributed by atoms with Crippen LogP contribution in [0.3, 0.4) is 0 Å². The minimum atomic E-state index is -0.615. The van der Waals surface area contributed by atoms with Crippen LogP contribution in [0.4, 0.5) is 5.82 Å². The van der Waals surface area contributed by atoms with Crippen LogP contribution in [0.1, 0.15) is 37.8 Å². The maximum absolute atomic E-state index is 11.8. The molecule has 0 unspecified atom stereocenters. The molecule has 1 amide bonds. The first-order valence-corrected chi connectivity index (χ1v) is 7.75. The summed E-state index contributed by atoms with van der Waals surface area (Å²) >= 11 is 0. The van der Waals surface area contributed by atoms with Gasteiger partial charge in [-0.05, 0) is 54.1 Å². The van der Waals surface area contributed by atoms with Gasteiger partial charge in [0.1, 0.15) is 5.69 Å². The van der Waals surface area contributed by atoms with Crippen molar-refractivity contribution in [2.45, 2.75) is 39.0 Å². The number of rotatable bonds is 7. The van der Waals surface area contributed by atoms with Crippen molar-refractivity contribution < 1.29 is 14.5 Å². The van der Waals surface area contributed by atoms with E-state index in [1.54, 1.807) is 13.0 Å². The molecule has 1 N–H and O–H groups in total. The number of ether oxygens (including phenoxy) is 1. The molecule has 7 nitrogen and oxygen atoms in total. The van der Waals surface area contributed by atoms with Crippen molar-refractivity contribution in [3.05, 3.63) is 39.6 Å². The van der Waals surface area contributed by atoms with Crippen molar-refractivity contribution in [1.82, 2.24) is 10.3 Å². The summed E-state index contributed by atoms with van der Waals surface area (Å²) in [6, 6.07) is 3.07. The monoisotopic (exact) mass is 319 g/mol. The van der Waals surface area contributed by atoms with Crippen LogP contribution in [0.15, 0.2) is 23.8 Å². The third-order valence-electron chi connectivity index (χ3n) is 3.66. The number of aromatic nitrogens is 1. The third kappa shape index (κ3) is 5.36. The number of pyridine rings is 1. The first-order valence-electron chi connectivity index (χ1n) is 7.75. The predicted octanol–water partition coefficient (Wildman–Crippen LogP) is 2.68. The largest absolute Gasteiger partial charge is 0.476 e. The van der Waals surface area contributed by atoms with E-state index in [1.165, 1.54) is 24.5 Å². The molecule has 1 heterocycles. The highest BCUT2D eigenvalue weighted by Gasteiger charge is 2.18. The zero-order valence-electron chi connectivity index (χ0n) is 13.2. The molecule has 124 valence electrons. The van der Waals surface area contributed by atoms with E-state index < -0.39 is 4.92 Å². The van der Waals surface area contributed by atoms with Crippen LogP contribution in [0.2, 0.25) is 0 Å². The fraction of sp³-hybridized carbons (Fsp3) is 0.500. The maximum Gasteiger partial charge on any atom is 0.406 e. The van der Waals surface area contributed by atoms with E-state index in [0.717, 1.165) is 19.3 Å². The Bertz CT molecular complexity index is 613. The van der Waals surface area contributed by atoms with Crippen molar-refractivity contribution in [1.29, 1.82) is 0 Å². The lowest BCUT2D eigenvalue weighted by molar-refractivity contribution is -0.390. The molecule has 0 aliphatic heterocycles. The number of nitrogens with zero attached hydrogens (tertiary/aromatic N) is 2. The van der Waals surface area contributed by atoms with Gasteiger partial charge in [0.15, 0.2) is 6.61 Å². The zero-order valence-corrected chi connectivity index (χ0v) is 13.2. The molecule has 0 aromatic carbocycles. The second-order valence-electron chi connectivity index (χ2n) is 5.53. The Morgan fingerprint density at radius 3 is 2.96 bits per heavy atom. The number of hydrogen-bond acceptors (Lipinski definition) is 5. The minimum Gasteiger partial charge on any atom is -0.476 e. The Kier molecular flexibility index (Phi) is 6.08. The molecule has 0 radical (unpaired) electrons. The standard InChI is InChI=1S/C16H21N3O4/c1-12-7-8-14(16(18-12)19(21)22)23-11-15(20)17-10-9-13-5-3-2-4-6-13/h5,7-8H,2-4,6,9-11H2,1H3,(H,17,20). The van der Waals surface area contributed by atoms with Gasteiger partial charge in [0, 0.05) is 13.5 Å². The molecular weight excluding hydrogens is 298 g/mol. The molecule has 0 bridgehead atoms. The van der Waals surface area contributed by atoms with Crippen LogP contribution in [0.25, 0.3) is 0 Å². The summed E-state index contributed by atoms with van der Waals surface area (Å²) in [5.41, 5.74) is 1.91. The number of amides is 1. The van der Waals surface area contributed by atoms with Crippen molar-refractivity contribution in [2.75, 3.05) is 13.2 Å². The Morgan fingerprint density at radius 1 is 1.43 bits per heavy atom. The lowest BCUT2D eigenvalue weighted by Gasteiger charge is -2.13. The van der Waals surface area contributed by atoms with Crippen molar-refractivity contribution in [3.63, 3.8) is 0 Å². The van der Waals surface area contributed by atoms with E-state index >= 15 is 0 Å². The van der Waals surface area contributed by atoms with E-state index in [2.05, 4.69) is 16.4 Å². The van der Waals surface area contributed by atoms with Gasteiger partial charge < -0.3 is 20.2 Å². The van der Waals surface area contributed by atoms with Crippen LogP contribution in [-0.4, -0.2) is 29.0 Å². The van der Waals surface area contributed by atoms with Crippen LogP contribution in [0.5, 0.6) is 5.75 Å². The molecule has 0 atom stereocenters. The molecule has 7 heteroatoms. The minimum absolute atomic E-state index is 0.00531. The highest BCUT2D eigenvalue weighted by atomic mass is 16.6. The lowest BCUT2D eigenvalue weighted by Crippen LogP contribution is -2.30. The van der Waals surface area contributed by atoms with E-state index in [0.29, 0.717) is 12.2 Å². The zero-order chi connectivity index (χ0) is 16.7. The summed E-state index contributed by atoms with van der Waals surface area (Å²) in [7, 11) is 0. The molecule has 1 aliphatic carbocycles. The fourth-order valence-corrected chi connectivity index (χ4v) is 2.46. The predicted molar refractivity (Wildman–Crippen MR) is 85.3 cm³/mol. The van der Waals surface area contributed by atoms with Crippen LogP contribution in [0, 0.1) is 17.0 Å². The summed E-state index contributed by atoms with van der Waals surface area (Å²) < 4.78 is 5.23. The van der Waals surface area contributed by atoms with E-state index in [1.807, 2.05) is 0 Å². The van der Waals surface area contributed by atoms with E-state index in [9.17, 15) is 14.9 Å². The number of aryl methyl sites for hydroxylation is 1. The van der Waals surface area contributed by atoms with Crippen LogP contribution >= 0.6 is 0 Å². The summed E-state index contributed by atoms with van der Waals surface area (Å²) in [6.45, 7) is 1.95. The average molecular weight is 319 g/mol. The normalized spacial score (nSPS) is 14.0. The molecule has 2 rings (SSSR count). The highest BCUT2D eigenvalue weighted by molar-refractivity contribution is 5.77. The van der Waals surface area contributed by atoms with Crippen LogP contribution < -0.4 is 10.1 Å². The molecule has 1 aliphatic rings. The number of hydrogen-bond donors (Lipinski definition) is 1. The number of allylic oxidation sites excluding steroid dienone is 1. The van der Waals surface area contributed by atoms with Gasteiger partial charge in [-0.25, -0.2) is 0 Å². The molecule has 1 aromatic heterocycles. The molecule has 23 heavy (non-hydrogen) atoms. The highest BCUT2D eigenvalue weighted by Crippen LogP contribution is 2.24. The SMILES string of the molecule is Cc1ccc(OCC(=O)NCCC2=CCCCC2)c([N+](=O)[O-])n1. The van der Waals surface area contributed by atoms with Crippen molar-refractivity contribution in [3.8, 4) is 5.75 Å². The van der Waals surface area contributed by atoms with Gasteiger partial charge in [0.25, 0.3) is 5.91 Å². The smallest absolute Gasteiger partial charge is 0.406 e. The molecular formula is C16H21N3O4. The molecule has 0 saturated heterocycles. The Morgan fingerprint density at radius 2 is 2.26 bits per heavy atom. The Hall–Kier alpha value is -2.44. The summed E-state index contributed by atoms with van der Waals surface area (Å²) in [6.07, 6.45) is 7.77. The van der Waals surface area contributed by atoms with Gasteiger partial charge in [-0.1, -0.05) is 11.6 Å². The van der Waals surface area contributed by atoms with Gasteiger partial charge in [-0.2, -0.15) is 0 Å². The number of carbonyl (C=O) groups is 1. The quantitative estimate of drug-likeness (QED) is 0.473. The van der Waals surface area contributed by atoms with Gasteiger partial charge in [-0.3, -0.25) is 4.79 Å². The summed E-state index contributed by atoms with van der Waals surface area (Å²) in [5, 5.41) is 13.7. The van der Waals surface area contributed by atoms with Gasteiger partial charge in [-0.15, -0.1) is 0 Å².